The van der Waals surface area contributed by atoms with Crippen LogP contribution in [0, 0.1) is 0 Å². The summed E-state index contributed by atoms with van der Waals surface area (Å²) in [6.45, 7) is 2.63. The molecule has 2 amide bonds. The van der Waals surface area contributed by atoms with Crippen LogP contribution < -0.4 is 5.32 Å². The van der Waals surface area contributed by atoms with Gasteiger partial charge in [-0.15, -0.1) is 11.3 Å². The molecule has 3 rings (SSSR count). The van der Waals surface area contributed by atoms with Crippen molar-refractivity contribution < 1.29 is 19.1 Å². The summed E-state index contributed by atoms with van der Waals surface area (Å²) in [6, 6.07) is 3.80. The predicted octanol–water partition coefficient (Wildman–Crippen LogP) is 1.13. The number of carbonyl (C=O) groups excluding carboxylic acids is 2. The number of fused-ring (bicyclic) bond motifs is 1. The van der Waals surface area contributed by atoms with Crippen LogP contribution in [0.2, 0.25) is 0 Å². The summed E-state index contributed by atoms with van der Waals surface area (Å²) in [6.07, 6.45) is 1.35. The van der Waals surface area contributed by atoms with E-state index in [4.69, 9.17) is 9.47 Å². The Labute approximate surface area is 168 Å². The predicted molar refractivity (Wildman–Crippen MR) is 108 cm³/mol. The molecule has 0 saturated carbocycles. The van der Waals surface area contributed by atoms with E-state index in [1.807, 2.05) is 31.1 Å². The first-order valence-corrected chi connectivity index (χ1v) is 10.0. The molecular formula is C19H26N4O4S. The molecule has 8 nitrogen and oxygen atoms in total. The van der Waals surface area contributed by atoms with Gasteiger partial charge < -0.3 is 24.6 Å². The van der Waals surface area contributed by atoms with Crippen LogP contribution in [-0.4, -0.2) is 87.2 Å². The summed E-state index contributed by atoms with van der Waals surface area (Å²) in [5.41, 5.74) is 0.811. The summed E-state index contributed by atoms with van der Waals surface area (Å²) in [5.74, 6) is -0.113. The zero-order valence-electron chi connectivity index (χ0n) is 16.4. The zero-order valence-corrected chi connectivity index (χ0v) is 17.3. The Morgan fingerprint density at radius 1 is 1.46 bits per heavy atom. The average Bonchev–Trinajstić information content (AvgIpc) is 3.07. The molecule has 0 aliphatic carbocycles. The molecule has 1 fully saturated rings. The minimum absolute atomic E-state index is 0.0575. The van der Waals surface area contributed by atoms with E-state index in [0.717, 1.165) is 15.8 Å². The van der Waals surface area contributed by atoms with Crippen LogP contribution in [0.5, 0.6) is 0 Å². The van der Waals surface area contributed by atoms with Gasteiger partial charge in [-0.25, -0.2) is 4.98 Å². The number of thiophene rings is 1. The van der Waals surface area contributed by atoms with Gasteiger partial charge in [0.15, 0.2) is 0 Å². The Hall–Kier alpha value is -2.07. The van der Waals surface area contributed by atoms with Crippen LogP contribution in [-0.2, 0) is 14.3 Å². The molecule has 152 valence electrons. The van der Waals surface area contributed by atoms with Gasteiger partial charge in [0.1, 0.15) is 15.8 Å². The average molecular weight is 407 g/mol. The molecule has 1 aliphatic rings. The molecule has 2 aromatic heterocycles. The quantitative estimate of drug-likeness (QED) is 0.694. The summed E-state index contributed by atoms with van der Waals surface area (Å²) in [4.78, 5) is 34.7. The fraction of sp³-hybridized carbons (Fsp3) is 0.526. The molecule has 3 heterocycles. The molecular weight excluding hydrogens is 380 g/mol. The van der Waals surface area contributed by atoms with Crippen molar-refractivity contribution in [1.29, 1.82) is 0 Å². The number of nitrogens with one attached hydrogen (secondary N) is 1. The van der Waals surface area contributed by atoms with E-state index in [9.17, 15) is 9.59 Å². The maximum Gasteiger partial charge on any atom is 0.261 e. The molecule has 1 saturated heterocycles. The van der Waals surface area contributed by atoms with Gasteiger partial charge in [0.25, 0.3) is 5.91 Å². The number of pyridine rings is 1. The first-order chi connectivity index (χ1) is 13.5. The van der Waals surface area contributed by atoms with Crippen LogP contribution in [0.1, 0.15) is 21.3 Å². The number of methoxy groups -OCH3 is 1. The number of hydrogen-bond donors (Lipinski definition) is 1. The van der Waals surface area contributed by atoms with Gasteiger partial charge in [0.2, 0.25) is 5.91 Å². The van der Waals surface area contributed by atoms with Crippen molar-refractivity contribution in [3.05, 3.63) is 28.8 Å². The highest BCUT2D eigenvalue weighted by atomic mass is 32.1. The van der Waals surface area contributed by atoms with Crippen molar-refractivity contribution in [2.45, 2.75) is 6.10 Å². The summed E-state index contributed by atoms with van der Waals surface area (Å²) < 4.78 is 11.0. The first-order valence-electron chi connectivity index (χ1n) is 9.20. The second-order valence-electron chi connectivity index (χ2n) is 6.89. The molecule has 1 N–H and O–H groups in total. The topological polar surface area (TPSA) is 84.0 Å². The van der Waals surface area contributed by atoms with Gasteiger partial charge >= 0.3 is 0 Å². The number of hydrogen-bond acceptors (Lipinski definition) is 7. The van der Waals surface area contributed by atoms with E-state index in [-0.39, 0.29) is 17.9 Å². The number of amides is 2. The number of aromatic nitrogens is 1. The first kappa shape index (κ1) is 20.7. The van der Waals surface area contributed by atoms with Crippen LogP contribution in [0.3, 0.4) is 0 Å². The molecule has 28 heavy (non-hydrogen) atoms. The van der Waals surface area contributed by atoms with Crippen LogP contribution in [0.4, 0.5) is 0 Å². The van der Waals surface area contributed by atoms with E-state index >= 15 is 0 Å². The lowest BCUT2D eigenvalue weighted by atomic mass is 10.0. The van der Waals surface area contributed by atoms with Crippen LogP contribution in [0.25, 0.3) is 10.2 Å². The second kappa shape index (κ2) is 9.42. The molecule has 0 aromatic carbocycles. The summed E-state index contributed by atoms with van der Waals surface area (Å²) in [5, 5.41) is 3.78. The molecule has 9 heteroatoms. The highest BCUT2D eigenvalue weighted by molar-refractivity contribution is 7.20. The Balaban J connectivity index is 1.89. The maximum atomic E-state index is 12.8. The number of carbonyl (C=O) groups is 2. The van der Waals surface area contributed by atoms with Gasteiger partial charge in [0, 0.05) is 37.3 Å². The third-order valence-corrected chi connectivity index (χ3v) is 5.62. The Morgan fingerprint density at radius 3 is 3.04 bits per heavy atom. The van der Waals surface area contributed by atoms with Crippen molar-refractivity contribution in [3.8, 4) is 0 Å². The maximum absolute atomic E-state index is 12.8. The van der Waals surface area contributed by atoms with Crippen molar-refractivity contribution >= 4 is 33.4 Å². The molecule has 2 aromatic rings. The van der Waals surface area contributed by atoms with E-state index in [1.54, 1.807) is 18.2 Å². The number of rotatable bonds is 7. The van der Waals surface area contributed by atoms with Gasteiger partial charge in [-0.1, -0.05) is 6.07 Å². The molecule has 0 radical (unpaired) electrons. The van der Waals surface area contributed by atoms with Crippen molar-refractivity contribution in [2.24, 2.45) is 0 Å². The van der Waals surface area contributed by atoms with Crippen molar-refractivity contribution in [1.82, 2.24) is 20.1 Å². The van der Waals surface area contributed by atoms with E-state index in [1.165, 1.54) is 11.3 Å². The lowest BCUT2D eigenvalue weighted by Crippen LogP contribution is -2.45. The normalized spacial score (nSPS) is 17.3. The Morgan fingerprint density at radius 2 is 2.29 bits per heavy atom. The standard InChI is InChI=1S/C19H26N4O4S/c1-22(2)12-15(24)23-8-10-27-14(11-23)16-13-5-4-6-21-19(13)28-17(16)18(25)20-7-9-26-3/h4-6,14H,7-12H2,1-3H3,(H,20,25)/t14-/m0/s1. The number of likely N-dealkylation sites (N-methyl/N-ethyl adjacent to an activating group) is 1. The minimum Gasteiger partial charge on any atom is -0.383 e. The summed E-state index contributed by atoms with van der Waals surface area (Å²) in [7, 11) is 5.34. The summed E-state index contributed by atoms with van der Waals surface area (Å²) >= 11 is 1.35. The van der Waals surface area contributed by atoms with Gasteiger partial charge in [-0.3, -0.25) is 9.59 Å². The highest BCUT2D eigenvalue weighted by Gasteiger charge is 2.31. The molecule has 0 spiro atoms. The van der Waals surface area contributed by atoms with E-state index in [0.29, 0.717) is 44.3 Å². The highest BCUT2D eigenvalue weighted by Crippen LogP contribution is 2.37. The second-order valence-corrected chi connectivity index (χ2v) is 7.89. The lowest BCUT2D eigenvalue weighted by Gasteiger charge is -2.34. The van der Waals surface area contributed by atoms with E-state index < -0.39 is 0 Å². The van der Waals surface area contributed by atoms with Crippen LogP contribution in [0.15, 0.2) is 18.3 Å². The van der Waals surface area contributed by atoms with Crippen molar-refractivity contribution in [3.63, 3.8) is 0 Å². The third kappa shape index (κ3) is 4.67. The Kier molecular flexibility index (Phi) is 6.95. The molecule has 1 aliphatic heterocycles. The zero-order chi connectivity index (χ0) is 20.1. The van der Waals surface area contributed by atoms with Gasteiger partial charge in [-0.2, -0.15) is 0 Å². The molecule has 0 bridgehead atoms. The number of nitrogens with zero attached hydrogens (tertiary/aromatic N) is 3. The van der Waals surface area contributed by atoms with Gasteiger partial charge in [-0.05, 0) is 20.2 Å². The third-order valence-electron chi connectivity index (χ3n) is 4.50. The lowest BCUT2D eigenvalue weighted by molar-refractivity contribution is -0.139. The molecule has 0 unspecified atom stereocenters. The van der Waals surface area contributed by atoms with Crippen LogP contribution >= 0.6 is 11.3 Å². The smallest absolute Gasteiger partial charge is 0.261 e. The van der Waals surface area contributed by atoms with Gasteiger partial charge in [0.05, 0.1) is 26.3 Å². The minimum atomic E-state index is -0.360. The Bertz CT molecular complexity index is 838. The van der Waals surface area contributed by atoms with E-state index in [2.05, 4.69) is 10.3 Å². The monoisotopic (exact) mass is 406 g/mol. The molecule has 1 atom stereocenters. The number of ether oxygens (including phenoxy) is 2. The fourth-order valence-corrected chi connectivity index (χ4v) is 4.32. The largest absolute Gasteiger partial charge is 0.383 e. The van der Waals surface area contributed by atoms with Crippen molar-refractivity contribution in [2.75, 3.05) is 60.6 Å². The SMILES string of the molecule is COCCNC(=O)c1sc2ncccc2c1[C@@H]1CN(C(=O)CN(C)C)CCO1. The number of morpholine rings is 1. The fourth-order valence-electron chi connectivity index (χ4n) is 3.21.